The minimum absolute atomic E-state index is 0.0101. The molecule has 0 spiro atoms. The Morgan fingerprint density at radius 2 is 2.00 bits per heavy atom. The lowest BCUT2D eigenvalue weighted by atomic mass is 10.1. The number of likely N-dealkylation sites (N-methyl/N-ethyl adjacent to an activating group) is 1. The summed E-state index contributed by atoms with van der Waals surface area (Å²) in [5.41, 5.74) is 0.397. The fourth-order valence-corrected chi connectivity index (χ4v) is 5.77. The van der Waals surface area contributed by atoms with Crippen LogP contribution in [-0.4, -0.2) is 61.2 Å². The number of aromatic nitrogens is 2. The molecule has 0 fully saturated rings. The fourth-order valence-electron chi connectivity index (χ4n) is 3.67. The number of anilines is 2. The number of hydrogen-bond donors (Lipinski definition) is 0. The molecule has 0 bridgehead atoms. The maximum atomic E-state index is 14.1. The van der Waals surface area contributed by atoms with Crippen molar-refractivity contribution in [1.29, 1.82) is 0 Å². The second-order valence-corrected chi connectivity index (χ2v) is 10.6. The highest BCUT2D eigenvalue weighted by Gasteiger charge is 2.38. The van der Waals surface area contributed by atoms with E-state index in [1.54, 1.807) is 49.7 Å². The molecule has 2 heterocycles. The SMILES string of the molecule is CCCCC1CN(c2ncccn2)c2cc(SC)c(O/C=C(\F)C(=O)OCC)cc2S(=O)(=O)N1C. The second-order valence-electron chi connectivity index (χ2n) is 7.75. The molecule has 1 aromatic heterocycles. The van der Waals surface area contributed by atoms with Gasteiger partial charge in [0.05, 0.1) is 17.2 Å². The maximum absolute atomic E-state index is 14.1. The van der Waals surface area contributed by atoms with Crippen LogP contribution in [0, 0.1) is 0 Å². The van der Waals surface area contributed by atoms with Gasteiger partial charge in [0, 0.05) is 38.1 Å². The number of halogens is 1. The molecule has 0 saturated carbocycles. The Morgan fingerprint density at radius 1 is 1.29 bits per heavy atom. The zero-order valence-electron chi connectivity index (χ0n) is 20.1. The van der Waals surface area contributed by atoms with Gasteiger partial charge >= 0.3 is 5.97 Å². The number of nitrogens with zero attached hydrogens (tertiary/aromatic N) is 4. The standard InChI is InChI=1S/C23H29FN4O5S2/c1-5-7-9-16-14-28(23-25-10-8-11-26-23)18-12-20(34-4)19(13-21(18)35(30,31)27(16)3)33-15-17(24)22(29)32-6-2/h8,10-13,15-16H,5-7,9,14H2,1-4H3/b17-15-. The Kier molecular flexibility index (Phi) is 9.09. The van der Waals surface area contributed by atoms with E-state index in [0.29, 0.717) is 35.8 Å². The molecule has 1 aliphatic rings. The molecule has 1 aromatic carbocycles. The molecule has 2 aromatic rings. The highest BCUT2D eigenvalue weighted by Crippen LogP contribution is 2.42. The van der Waals surface area contributed by atoms with Gasteiger partial charge in [0.15, 0.2) is 0 Å². The number of thioether (sulfide) groups is 1. The first kappa shape index (κ1) is 26.9. The molecule has 1 atom stereocenters. The molecule has 0 aliphatic carbocycles. The highest BCUT2D eigenvalue weighted by molar-refractivity contribution is 7.98. The summed E-state index contributed by atoms with van der Waals surface area (Å²) in [7, 11) is -2.39. The monoisotopic (exact) mass is 524 g/mol. The van der Waals surface area contributed by atoms with Gasteiger partial charge in [-0.25, -0.2) is 23.2 Å². The Balaban J connectivity index is 2.16. The predicted molar refractivity (Wildman–Crippen MR) is 132 cm³/mol. The number of sulfonamides is 1. The summed E-state index contributed by atoms with van der Waals surface area (Å²) in [4.78, 5) is 22.6. The molecule has 12 heteroatoms. The maximum Gasteiger partial charge on any atom is 0.370 e. The molecular weight excluding hydrogens is 495 g/mol. The first-order valence-electron chi connectivity index (χ1n) is 11.2. The third kappa shape index (κ3) is 5.93. The minimum Gasteiger partial charge on any atom is -0.461 e. The number of carbonyl (C=O) groups is 1. The van der Waals surface area contributed by atoms with E-state index in [9.17, 15) is 17.6 Å². The lowest BCUT2D eigenvalue weighted by Gasteiger charge is -2.28. The normalized spacial score (nSPS) is 18.0. The van der Waals surface area contributed by atoms with E-state index < -0.39 is 21.8 Å². The van der Waals surface area contributed by atoms with E-state index in [0.717, 1.165) is 12.8 Å². The Morgan fingerprint density at radius 3 is 2.63 bits per heavy atom. The smallest absolute Gasteiger partial charge is 0.370 e. The molecule has 9 nitrogen and oxygen atoms in total. The van der Waals surface area contributed by atoms with Gasteiger partial charge < -0.3 is 14.4 Å². The minimum atomic E-state index is -3.95. The lowest BCUT2D eigenvalue weighted by molar-refractivity contribution is -0.140. The number of ether oxygens (including phenoxy) is 2. The van der Waals surface area contributed by atoms with Crippen molar-refractivity contribution in [2.75, 3.05) is 31.4 Å². The van der Waals surface area contributed by atoms with Gasteiger partial charge in [-0.15, -0.1) is 11.8 Å². The van der Waals surface area contributed by atoms with Gasteiger partial charge in [-0.05, 0) is 31.7 Å². The Hall–Kier alpha value is -2.70. The summed E-state index contributed by atoms with van der Waals surface area (Å²) < 4.78 is 52.9. The average molecular weight is 525 g/mol. The molecule has 0 N–H and O–H groups in total. The zero-order chi connectivity index (χ0) is 25.6. The second kappa shape index (κ2) is 11.8. The van der Waals surface area contributed by atoms with Crippen molar-refractivity contribution in [3.8, 4) is 5.75 Å². The summed E-state index contributed by atoms with van der Waals surface area (Å²) in [5, 5.41) is 0. The van der Waals surface area contributed by atoms with Gasteiger partial charge in [0.2, 0.25) is 21.8 Å². The summed E-state index contributed by atoms with van der Waals surface area (Å²) in [6, 6.07) is 4.38. The number of unbranched alkanes of at least 4 members (excludes halogenated alkanes) is 1. The fraction of sp³-hybridized carbons (Fsp3) is 0.435. The van der Waals surface area contributed by atoms with Gasteiger partial charge in [0.25, 0.3) is 0 Å². The molecule has 0 radical (unpaired) electrons. The molecular formula is C23H29FN4O5S2. The van der Waals surface area contributed by atoms with Crippen molar-refractivity contribution >= 4 is 39.4 Å². The first-order valence-corrected chi connectivity index (χ1v) is 13.8. The van der Waals surface area contributed by atoms with Crippen molar-refractivity contribution in [2.24, 2.45) is 0 Å². The zero-order valence-corrected chi connectivity index (χ0v) is 21.7. The van der Waals surface area contributed by atoms with E-state index >= 15 is 0 Å². The van der Waals surface area contributed by atoms with Crippen LogP contribution in [0.5, 0.6) is 5.75 Å². The Labute approximate surface area is 209 Å². The number of carbonyl (C=O) groups excluding carboxylic acids is 1. The van der Waals surface area contributed by atoms with E-state index in [4.69, 9.17) is 4.74 Å². The molecule has 35 heavy (non-hydrogen) atoms. The van der Waals surface area contributed by atoms with E-state index in [1.807, 2.05) is 0 Å². The van der Waals surface area contributed by atoms with Crippen LogP contribution in [-0.2, 0) is 19.6 Å². The van der Waals surface area contributed by atoms with E-state index in [2.05, 4.69) is 21.6 Å². The first-order chi connectivity index (χ1) is 16.7. The quantitative estimate of drug-likeness (QED) is 0.206. The van der Waals surface area contributed by atoms with Crippen molar-refractivity contribution < 1.29 is 27.1 Å². The van der Waals surface area contributed by atoms with Crippen LogP contribution in [0.25, 0.3) is 0 Å². The third-order valence-corrected chi connectivity index (χ3v) is 8.24. The van der Waals surface area contributed by atoms with Crippen LogP contribution in [0.1, 0.15) is 33.1 Å². The topological polar surface area (TPSA) is 102 Å². The van der Waals surface area contributed by atoms with Crippen LogP contribution in [0.4, 0.5) is 16.0 Å². The van der Waals surface area contributed by atoms with Crippen LogP contribution < -0.4 is 9.64 Å². The Bertz CT molecular complexity index is 1180. The molecule has 0 saturated heterocycles. The summed E-state index contributed by atoms with van der Waals surface area (Å²) in [6.07, 6.45) is 8.04. The third-order valence-electron chi connectivity index (χ3n) is 5.54. The molecule has 190 valence electrons. The van der Waals surface area contributed by atoms with E-state index in [-0.39, 0.29) is 23.3 Å². The van der Waals surface area contributed by atoms with Crippen molar-refractivity contribution in [3.63, 3.8) is 0 Å². The van der Waals surface area contributed by atoms with Crippen LogP contribution >= 0.6 is 11.8 Å². The van der Waals surface area contributed by atoms with Crippen LogP contribution in [0.15, 0.2) is 52.5 Å². The summed E-state index contributed by atoms with van der Waals surface area (Å²) >= 11 is 1.29. The number of rotatable bonds is 9. The number of benzene rings is 1. The number of hydrogen-bond acceptors (Lipinski definition) is 9. The van der Waals surface area contributed by atoms with Crippen LogP contribution in [0.3, 0.4) is 0 Å². The molecule has 1 aliphatic heterocycles. The summed E-state index contributed by atoms with van der Waals surface area (Å²) in [5.74, 6) is -1.93. The average Bonchev–Trinajstić information content (AvgIpc) is 2.94. The van der Waals surface area contributed by atoms with Crippen molar-refractivity contribution in [3.05, 3.63) is 42.7 Å². The van der Waals surface area contributed by atoms with Gasteiger partial charge in [0.1, 0.15) is 16.9 Å². The summed E-state index contributed by atoms with van der Waals surface area (Å²) in [6.45, 7) is 3.98. The molecule has 1 unspecified atom stereocenters. The predicted octanol–water partition coefficient (Wildman–Crippen LogP) is 4.28. The van der Waals surface area contributed by atoms with Gasteiger partial charge in [-0.2, -0.15) is 8.70 Å². The van der Waals surface area contributed by atoms with Crippen molar-refractivity contribution in [1.82, 2.24) is 14.3 Å². The van der Waals surface area contributed by atoms with Crippen molar-refractivity contribution in [2.45, 2.75) is 48.9 Å². The number of esters is 1. The largest absolute Gasteiger partial charge is 0.461 e. The highest BCUT2D eigenvalue weighted by atomic mass is 32.2. The lowest BCUT2D eigenvalue weighted by Crippen LogP contribution is -2.41. The van der Waals surface area contributed by atoms with Crippen LogP contribution in [0.2, 0.25) is 0 Å². The van der Waals surface area contributed by atoms with Gasteiger partial charge in [-0.3, -0.25) is 0 Å². The molecule has 0 amide bonds. The van der Waals surface area contributed by atoms with Gasteiger partial charge in [-0.1, -0.05) is 19.8 Å². The number of fused-ring (bicyclic) bond motifs is 1. The molecule has 3 rings (SSSR count). The van der Waals surface area contributed by atoms with E-state index in [1.165, 1.54) is 22.1 Å².